The Morgan fingerprint density at radius 1 is 1.20 bits per heavy atom. The van der Waals surface area contributed by atoms with Crippen LogP contribution in [0.4, 0.5) is 5.69 Å². The van der Waals surface area contributed by atoms with Gasteiger partial charge in [-0.2, -0.15) is 0 Å². The van der Waals surface area contributed by atoms with E-state index in [1.807, 2.05) is 18.2 Å². The molecular weight excluding hydrogens is 342 g/mol. The minimum atomic E-state index is -3.53. The van der Waals surface area contributed by atoms with E-state index in [1.54, 1.807) is 30.0 Å². The summed E-state index contributed by atoms with van der Waals surface area (Å²) >= 11 is 0. The summed E-state index contributed by atoms with van der Waals surface area (Å²) in [6.45, 7) is 2.77. The van der Waals surface area contributed by atoms with Gasteiger partial charge in [-0.05, 0) is 31.9 Å². The summed E-state index contributed by atoms with van der Waals surface area (Å²) in [5.74, 6) is 0.281. The quantitative estimate of drug-likeness (QED) is 0.814. The topological polar surface area (TPSA) is 83.7 Å². The van der Waals surface area contributed by atoms with Gasteiger partial charge in [-0.3, -0.25) is 9.10 Å². The number of carbonyl (C=O) groups excluding carboxylic acids is 1. The van der Waals surface area contributed by atoms with E-state index in [-0.39, 0.29) is 18.1 Å². The molecule has 132 valence electrons. The first kappa shape index (κ1) is 16.1. The van der Waals surface area contributed by atoms with Gasteiger partial charge in [0.05, 0.1) is 5.69 Å². The van der Waals surface area contributed by atoms with Crippen LogP contribution < -0.4 is 4.31 Å². The summed E-state index contributed by atoms with van der Waals surface area (Å²) in [4.78, 5) is 14.1. The van der Waals surface area contributed by atoms with Gasteiger partial charge < -0.3 is 9.42 Å². The first-order valence-corrected chi connectivity index (χ1v) is 9.67. The zero-order valence-corrected chi connectivity index (χ0v) is 14.7. The molecule has 1 amide bonds. The molecule has 2 aromatic rings. The Morgan fingerprint density at radius 3 is 2.60 bits per heavy atom. The van der Waals surface area contributed by atoms with Gasteiger partial charge in [0.15, 0.2) is 5.69 Å². The van der Waals surface area contributed by atoms with Crippen LogP contribution in [-0.4, -0.2) is 48.8 Å². The number of aryl methyl sites for hydroxylation is 1. The summed E-state index contributed by atoms with van der Waals surface area (Å²) < 4.78 is 31.9. The van der Waals surface area contributed by atoms with Crippen LogP contribution in [0.25, 0.3) is 0 Å². The number of hydrogen-bond acceptors (Lipinski definition) is 5. The van der Waals surface area contributed by atoms with E-state index in [9.17, 15) is 13.2 Å². The van der Waals surface area contributed by atoms with Gasteiger partial charge in [0.1, 0.15) is 10.5 Å². The van der Waals surface area contributed by atoms with E-state index in [0.29, 0.717) is 37.4 Å². The third-order valence-corrected chi connectivity index (χ3v) is 7.71. The van der Waals surface area contributed by atoms with Crippen molar-refractivity contribution < 1.29 is 17.7 Å². The molecule has 4 rings (SSSR count). The fraction of sp³-hybridized carbons (Fsp3) is 0.412. The zero-order chi connectivity index (χ0) is 17.7. The molecule has 1 aromatic heterocycles. The van der Waals surface area contributed by atoms with Crippen LogP contribution in [0, 0.1) is 6.92 Å². The number of carbonyl (C=O) groups is 1. The Balaban J connectivity index is 1.59. The van der Waals surface area contributed by atoms with Crippen molar-refractivity contribution >= 4 is 21.6 Å². The summed E-state index contributed by atoms with van der Waals surface area (Å²) in [5, 5.41) is 3.75. The van der Waals surface area contributed by atoms with Crippen molar-refractivity contribution in [3.63, 3.8) is 0 Å². The molecule has 7 nitrogen and oxygen atoms in total. The monoisotopic (exact) mass is 361 g/mol. The third-order valence-electron chi connectivity index (χ3n) is 5.10. The van der Waals surface area contributed by atoms with Gasteiger partial charge in [0.25, 0.3) is 5.91 Å². The number of sulfonamides is 1. The highest BCUT2D eigenvalue weighted by Gasteiger charge is 2.56. The zero-order valence-electron chi connectivity index (χ0n) is 13.9. The van der Waals surface area contributed by atoms with Crippen molar-refractivity contribution in [2.75, 3.05) is 23.9 Å². The number of para-hydroxylation sites is 1. The Hall–Kier alpha value is -2.35. The number of hydrogen-bond donors (Lipinski definition) is 0. The average molecular weight is 361 g/mol. The van der Waals surface area contributed by atoms with Gasteiger partial charge >= 0.3 is 0 Å². The van der Waals surface area contributed by atoms with E-state index in [0.717, 1.165) is 0 Å². The normalized spacial score (nSPS) is 25.0. The molecular formula is C17H19N3O4S. The summed E-state index contributed by atoms with van der Waals surface area (Å²) in [6.07, 6.45) is 0.965. The summed E-state index contributed by atoms with van der Waals surface area (Å²) in [6, 6.07) is 10.7. The van der Waals surface area contributed by atoms with Crippen LogP contribution in [-0.2, 0) is 10.0 Å². The maximum Gasteiger partial charge on any atom is 0.276 e. The predicted octanol–water partition coefficient (Wildman–Crippen LogP) is 1.81. The van der Waals surface area contributed by atoms with Crippen LogP contribution >= 0.6 is 0 Å². The van der Waals surface area contributed by atoms with Gasteiger partial charge in [0, 0.05) is 25.7 Å². The molecule has 3 heterocycles. The number of anilines is 1. The molecule has 1 atom stereocenters. The second-order valence-electron chi connectivity index (χ2n) is 6.65. The number of likely N-dealkylation sites (tertiary alicyclic amines) is 1. The molecule has 2 saturated heterocycles. The molecule has 1 spiro atoms. The number of amides is 1. The Kier molecular flexibility index (Phi) is 3.61. The number of rotatable bonds is 2. The van der Waals surface area contributed by atoms with Crippen molar-refractivity contribution in [3.05, 3.63) is 47.9 Å². The SMILES string of the molecule is Cc1cc(C(=O)N2CC[C@]3(CCN(c4ccccc4)S3(=O)=O)C2)no1. The van der Waals surface area contributed by atoms with Crippen LogP contribution in [0.15, 0.2) is 40.9 Å². The highest BCUT2D eigenvalue weighted by Crippen LogP contribution is 2.42. The molecule has 0 N–H and O–H groups in total. The van der Waals surface area contributed by atoms with E-state index < -0.39 is 14.8 Å². The fourth-order valence-electron chi connectivity index (χ4n) is 3.71. The molecule has 0 bridgehead atoms. The first-order chi connectivity index (χ1) is 11.9. The molecule has 0 unspecified atom stereocenters. The predicted molar refractivity (Wildman–Crippen MR) is 91.8 cm³/mol. The van der Waals surface area contributed by atoms with E-state index in [4.69, 9.17) is 4.52 Å². The van der Waals surface area contributed by atoms with E-state index in [1.165, 1.54) is 4.31 Å². The molecule has 8 heteroatoms. The standard InChI is InChI=1S/C17H19N3O4S/c1-13-11-15(18-24-13)16(21)19-9-7-17(12-19)8-10-20(25(17,22)23)14-5-3-2-4-6-14/h2-6,11H,7-10,12H2,1H3/t17-/m0/s1. The largest absolute Gasteiger partial charge is 0.361 e. The third kappa shape index (κ3) is 2.43. The lowest BCUT2D eigenvalue weighted by Crippen LogP contribution is -2.43. The van der Waals surface area contributed by atoms with Gasteiger partial charge in [0.2, 0.25) is 10.0 Å². The van der Waals surface area contributed by atoms with Crippen molar-refractivity contribution in [3.8, 4) is 0 Å². The Bertz CT molecular complexity index is 909. The lowest BCUT2D eigenvalue weighted by atomic mass is 10.0. The number of aromatic nitrogens is 1. The lowest BCUT2D eigenvalue weighted by Gasteiger charge is -2.25. The van der Waals surface area contributed by atoms with Crippen molar-refractivity contribution in [2.24, 2.45) is 0 Å². The van der Waals surface area contributed by atoms with Crippen LogP contribution in [0.5, 0.6) is 0 Å². The van der Waals surface area contributed by atoms with Crippen molar-refractivity contribution in [1.29, 1.82) is 0 Å². The van der Waals surface area contributed by atoms with Crippen LogP contribution in [0.2, 0.25) is 0 Å². The van der Waals surface area contributed by atoms with Gasteiger partial charge in [-0.15, -0.1) is 0 Å². The van der Waals surface area contributed by atoms with Crippen molar-refractivity contribution in [2.45, 2.75) is 24.5 Å². The minimum absolute atomic E-state index is 0.198. The fourth-order valence-corrected chi connectivity index (χ4v) is 5.93. The molecule has 0 saturated carbocycles. The average Bonchev–Trinajstić information content (AvgIpc) is 3.28. The molecule has 25 heavy (non-hydrogen) atoms. The molecule has 2 fully saturated rings. The van der Waals surface area contributed by atoms with Crippen LogP contribution in [0.3, 0.4) is 0 Å². The smallest absolute Gasteiger partial charge is 0.276 e. The maximum atomic E-state index is 13.2. The van der Waals surface area contributed by atoms with E-state index >= 15 is 0 Å². The summed E-state index contributed by atoms with van der Waals surface area (Å²) in [5.41, 5.74) is 0.904. The molecule has 1 aromatic carbocycles. The number of benzene rings is 1. The molecule has 2 aliphatic heterocycles. The first-order valence-electron chi connectivity index (χ1n) is 8.23. The second kappa shape index (κ2) is 5.59. The molecule has 0 aliphatic carbocycles. The molecule has 0 radical (unpaired) electrons. The minimum Gasteiger partial charge on any atom is -0.361 e. The Labute approximate surface area is 146 Å². The summed E-state index contributed by atoms with van der Waals surface area (Å²) in [7, 11) is -3.53. The van der Waals surface area contributed by atoms with Gasteiger partial charge in [-0.25, -0.2) is 8.42 Å². The molecule has 2 aliphatic rings. The Morgan fingerprint density at radius 2 is 1.92 bits per heavy atom. The number of nitrogens with zero attached hydrogens (tertiary/aromatic N) is 3. The highest BCUT2D eigenvalue weighted by molar-refractivity contribution is 7.94. The van der Waals surface area contributed by atoms with E-state index in [2.05, 4.69) is 5.16 Å². The lowest BCUT2D eigenvalue weighted by molar-refractivity contribution is 0.0778. The van der Waals surface area contributed by atoms with Crippen LogP contribution in [0.1, 0.15) is 29.1 Å². The highest BCUT2D eigenvalue weighted by atomic mass is 32.2. The van der Waals surface area contributed by atoms with Gasteiger partial charge in [-0.1, -0.05) is 23.4 Å². The maximum absolute atomic E-state index is 13.2. The second-order valence-corrected chi connectivity index (χ2v) is 8.90. The van der Waals surface area contributed by atoms with Crippen molar-refractivity contribution in [1.82, 2.24) is 10.1 Å².